The van der Waals surface area contributed by atoms with E-state index >= 15 is 0 Å². The summed E-state index contributed by atoms with van der Waals surface area (Å²) in [5.74, 6) is -2.24. The van der Waals surface area contributed by atoms with E-state index in [1.807, 2.05) is 0 Å². The molecule has 0 saturated carbocycles. The van der Waals surface area contributed by atoms with Crippen molar-refractivity contribution in [3.63, 3.8) is 0 Å². The Bertz CT molecular complexity index is 597. The molecule has 0 aromatic rings. The van der Waals surface area contributed by atoms with Gasteiger partial charge in [-0.15, -0.1) is 0 Å². The minimum absolute atomic E-state index is 0.0139. The summed E-state index contributed by atoms with van der Waals surface area (Å²) >= 11 is 0. The van der Waals surface area contributed by atoms with Crippen LogP contribution in [0.1, 0.15) is 64.7 Å². The number of hydrogen-bond acceptors (Lipinski definition) is 12. The molecule has 214 valence electrons. The van der Waals surface area contributed by atoms with E-state index in [4.69, 9.17) is 18.9 Å². The smallest absolute Gasteiger partial charge is 0.224 e. The van der Waals surface area contributed by atoms with Crippen molar-refractivity contribution in [1.29, 1.82) is 0 Å². The lowest BCUT2D eigenvalue weighted by molar-refractivity contribution is -0.384. The van der Waals surface area contributed by atoms with E-state index < -0.39 is 74.1 Å². The molecular weight excluding hydrogens is 480 g/mol. The van der Waals surface area contributed by atoms with Gasteiger partial charge in [-0.3, -0.25) is 0 Å². The van der Waals surface area contributed by atoms with Gasteiger partial charge in [-0.25, -0.2) is 0 Å². The Morgan fingerprint density at radius 3 is 2.03 bits per heavy atom. The maximum atomic E-state index is 10.3. The van der Waals surface area contributed by atoms with Crippen molar-refractivity contribution in [2.45, 2.75) is 126 Å². The van der Waals surface area contributed by atoms with Gasteiger partial charge in [-0.1, -0.05) is 58.3 Å². The average Bonchev–Trinajstić information content (AvgIpc) is 3.11. The van der Waals surface area contributed by atoms with Gasteiger partial charge in [0.2, 0.25) is 5.79 Å². The van der Waals surface area contributed by atoms with Gasteiger partial charge in [0.25, 0.3) is 0 Å². The molecule has 0 bridgehead atoms. The van der Waals surface area contributed by atoms with Crippen LogP contribution in [0.4, 0.5) is 0 Å². The van der Waals surface area contributed by atoms with E-state index in [1.54, 1.807) is 0 Å². The van der Waals surface area contributed by atoms with Crippen molar-refractivity contribution in [3.05, 3.63) is 0 Å². The lowest BCUT2D eigenvalue weighted by atomic mass is 9.99. The number of ether oxygens (including phenoxy) is 4. The second kappa shape index (κ2) is 15.8. The van der Waals surface area contributed by atoms with E-state index in [2.05, 4.69) is 6.92 Å². The third kappa shape index (κ3) is 8.52. The van der Waals surface area contributed by atoms with Crippen molar-refractivity contribution in [2.24, 2.45) is 0 Å². The quantitative estimate of drug-likeness (QED) is 0.102. The molecule has 0 aromatic carbocycles. The number of hydrogen-bond donors (Lipinski definition) is 8. The van der Waals surface area contributed by atoms with Crippen molar-refractivity contribution in [3.8, 4) is 0 Å². The topological polar surface area (TPSA) is 199 Å². The summed E-state index contributed by atoms with van der Waals surface area (Å²) in [4.78, 5) is 0. The Labute approximate surface area is 212 Å². The predicted octanol–water partition coefficient (Wildman–Crippen LogP) is -1.48. The van der Waals surface area contributed by atoms with Crippen LogP contribution in [0.25, 0.3) is 0 Å². The SMILES string of the molecule is CCCCCCCCCCC(O)COC[C@H]1O[C@H](O[C@]2(CO)O[C@H](CO)[C@@H](O)[C@@H]2O)[C@H](O)[C@@H](O)[C@@H]1O. The molecule has 8 N–H and O–H groups in total. The first kappa shape index (κ1) is 31.7. The summed E-state index contributed by atoms with van der Waals surface area (Å²) in [6.45, 7) is 0.303. The molecule has 1 unspecified atom stereocenters. The van der Waals surface area contributed by atoms with E-state index in [1.165, 1.54) is 32.1 Å². The molecule has 2 aliphatic heterocycles. The normalized spacial score (nSPS) is 37.9. The molecule has 2 heterocycles. The Balaban J connectivity index is 1.79. The van der Waals surface area contributed by atoms with Crippen LogP contribution in [0, 0.1) is 0 Å². The largest absolute Gasteiger partial charge is 0.394 e. The van der Waals surface area contributed by atoms with Gasteiger partial charge in [0.15, 0.2) is 6.29 Å². The molecule has 0 spiro atoms. The molecule has 2 aliphatic rings. The van der Waals surface area contributed by atoms with Crippen LogP contribution in [0.5, 0.6) is 0 Å². The summed E-state index contributed by atoms with van der Waals surface area (Å²) in [6, 6.07) is 0. The van der Waals surface area contributed by atoms with Crippen molar-refractivity contribution >= 4 is 0 Å². The van der Waals surface area contributed by atoms with Gasteiger partial charge in [0, 0.05) is 0 Å². The Kier molecular flexibility index (Phi) is 13.9. The fourth-order valence-electron chi connectivity index (χ4n) is 4.54. The fourth-order valence-corrected chi connectivity index (χ4v) is 4.54. The Hall–Kier alpha value is -0.480. The molecule has 10 atom stereocenters. The minimum atomic E-state index is -2.24. The fraction of sp³-hybridized carbons (Fsp3) is 1.00. The van der Waals surface area contributed by atoms with Gasteiger partial charge in [0.05, 0.1) is 25.9 Å². The van der Waals surface area contributed by atoms with E-state index in [-0.39, 0.29) is 13.2 Å². The first-order chi connectivity index (χ1) is 17.2. The molecule has 2 fully saturated rings. The van der Waals surface area contributed by atoms with Crippen molar-refractivity contribution in [2.75, 3.05) is 26.4 Å². The van der Waals surface area contributed by atoms with Crippen LogP contribution in [0.15, 0.2) is 0 Å². The van der Waals surface area contributed by atoms with E-state index in [0.717, 1.165) is 19.3 Å². The second-order valence-electron chi connectivity index (χ2n) is 9.83. The number of unbranched alkanes of at least 4 members (excludes halogenated alkanes) is 7. The van der Waals surface area contributed by atoms with Crippen LogP contribution < -0.4 is 0 Å². The van der Waals surface area contributed by atoms with E-state index in [9.17, 15) is 40.9 Å². The van der Waals surface area contributed by atoms with Gasteiger partial charge >= 0.3 is 0 Å². The van der Waals surface area contributed by atoms with Crippen LogP contribution in [-0.2, 0) is 18.9 Å². The summed E-state index contributed by atoms with van der Waals surface area (Å²) in [7, 11) is 0. The average molecular weight is 527 g/mol. The molecule has 0 radical (unpaired) electrons. The molecule has 12 nitrogen and oxygen atoms in total. The third-order valence-electron chi connectivity index (χ3n) is 6.87. The summed E-state index contributed by atoms with van der Waals surface area (Å²) in [6.07, 6.45) is -3.44. The van der Waals surface area contributed by atoms with Crippen LogP contribution in [0.3, 0.4) is 0 Å². The molecule has 0 amide bonds. The zero-order valence-electron chi connectivity index (χ0n) is 21.1. The number of aliphatic hydroxyl groups is 8. The Morgan fingerprint density at radius 1 is 0.806 bits per heavy atom. The highest BCUT2D eigenvalue weighted by atomic mass is 16.8. The van der Waals surface area contributed by atoms with Gasteiger partial charge in [-0.2, -0.15) is 0 Å². The standard InChI is InChI=1S/C24H46O12/c1-2-3-4-5-6-7-8-9-10-15(27)12-33-13-17-18(28)20(30)21(31)23(34-17)36-24(14-26)22(32)19(29)16(11-25)35-24/h15-23,25-32H,2-14H2,1H3/t15?,16-,17-,18-,19-,20+,21-,22+,23-,24+/m1/s1. The van der Waals surface area contributed by atoms with Crippen LogP contribution in [-0.4, -0.2) is 128 Å². The molecule has 36 heavy (non-hydrogen) atoms. The zero-order chi connectivity index (χ0) is 26.7. The molecule has 2 rings (SSSR count). The van der Waals surface area contributed by atoms with E-state index in [0.29, 0.717) is 6.42 Å². The molecule has 0 aliphatic carbocycles. The van der Waals surface area contributed by atoms with Crippen molar-refractivity contribution in [1.82, 2.24) is 0 Å². The molecular formula is C24H46O12. The third-order valence-corrected chi connectivity index (χ3v) is 6.87. The van der Waals surface area contributed by atoms with Gasteiger partial charge < -0.3 is 59.8 Å². The minimum Gasteiger partial charge on any atom is -0.394 e. The summed E-state index contributed by atoms with van der Waals surface area (Å²) in [5.41, 5.74) is 0. The Morgan fingerprint density at radius 2 is 1.44 bits per heavy atom. The van der Waals surface area contributed by atoms with Crippen LogP contribution >= 0.6 is 0 Å². The van der Waals surface area contributed by atoms with Gasteiger partial charge in [-0.05, 0) is 6.42 Å². The summed E-state index contributed by atoms with van der Waals surface area (Å²) < 4.78 is 21.7. The zero-order valence-corrected chi connectivity index (χ0v) is 21.1. The highest BCUT2D eigenvalue weighted by Crippen LogP contribution is 2.36. The lowest BCUT2D eigenvalue weighted by Crippen LogP contribution is -2.62. The van der Waals surface area contributed by atoms with Crippen LogP contribution in [0.2, 0.25) is 0 Å². The van der Waals surface area contributed by atoms with Crippen molar-refractivity contribution < 1.29 is 59.8 Å². The molecule has 2 saturated heterocycles. The molecule has 0 aromatic heterocycles. The maximum Gasteiger partial charge on any atom is 0.224 e. The number of aliphatic hydroxyl groups excluding tert-OH is 8. The monoisotopic (exact) mass is 526 g/mol. The first-order valence-electron chi connectivity index (χ1n) is 13.1. The summed E-state index contributed by atoms with van der Waals surface area (Å²) in [5, 5.41) is 80.4. The maximum absolute atomic E-state index is 10.3. The van der Waals surface area contributed by atoms with Gasteiger partial charge in [0.1, 0.15) is 49.3 Å². The highest BCUT2D eigenvalue weighted by Gasteiger charge is 2.58. The second-order valence-corrected chi connectivity index (χ2v) is 9.83. The first-order valence-corrected chi connectivity index (χ1v) is 13.1. The molecule has 12 heteroatoms. The lowest BCUT2D eigenvalue weighted by Gasteiger charge is -2.43. The highest BCUT2D eigenvalue weighted by molar-refractivity contribution is 4.98. The number of rotatable bonds is 17. The predicted molar refractivity (Wildman–Crippen MR) is 126 cm³/mol.